The molecule has 0 unspecified atom stereocenters. The van der Waals surface area contributed by atoms with Gasteiger partial charge in [0.25, 0.3) is 5.91 Å². The summed E-state index contributed by atoms with van der Waals surface area (Å²) in [6.45, 7) is 1.72. The Hall–Kier alpha value is -2.82. The van der Waals surface area contributed by atoms with Crippen molar-refractivity contribution in [2.45, 2.75) is 38.7 Å². The third-order valence-electron chi connectivity index (χ3n) is 4.58. The Morgan fingerprint density at radius 2 is 1.69 bits per heavy atom. The lowest BCUT2D eigenvalue weighted by atomic mass is 9.92. The Bertz CT molecular complexity index is 798. The summed E-state index contributed by atoms with van der Waals surface area (Å²) in [5.41, 5.74) is 3.73. The highest BCUT2D eigenvalue weighted by molar-refractivity contribution is 5.95. The Labute approximate surface area is 153 Å². The molecule has 1 aliphatic rings. The van der Waals surface area contributed by atoms with E-state index in [1.54, 1.807) is 31.2 Å². The number of rotatable bonds is 5. The first-order valence-electron chi connectivity index (χ1n) is 8.84. The van der Waals surface area contributed by atoms with Gasteiger partial charge in [0.15, 0.2) is 6.10 Å². The normalized spacial score (nSPS) is 14.1. The van der Waals surface area contributed by atoms with Crippen molar-refractivity contribution >= 4 is 17.6 Å². The minimum Gasteiger partial charge on any atom is -0.481 e. The highest BCUT2D eigenvalue weighted by Gasteiger charge is 2.17. The minimum absolute atomic E-state index is 0.242. The SMILES string of the molecule is COC(=O)c1ccc(NC(=O)[C@@H](C)Oc2ccc3c(c2)CCCC3)cc1. The highest BCUT2D eigenvalue weighted by Crippen LogP contribution is 2.26. The zero-order valence-corrected chi connectivity index (χ0v) is 15.1. The van der Waals surface area contributed by atoms with Crippen LogP contribution in [0.2, 0.25) is 0 Å². The van der Waals surface area contributed by atoms with Crippen LogP contribution in [0.1, 0.15) is 41.3 Å². The molecule has 0 bridgehead atoms. The number of benzene rings is 2. The van der Waals surface area contributed by atoms with Crippen molar-refractivity contribution < 1.29 is 19.1 Å². The summed E-state index contributed by atoms with van der Waals surface area (Å²) in [4.78, 5) is 23.8. The van der Waals surface area contributed by atoms with E-state index in [2.05, 4.69) is 16.1 Å². The van der Waals surface area contributed by atoms with Gasteiger partial charge >= 0.3 is 5.97 Å². The van der Waals surface area contributed by atoms with Crippen LogP contribution in [0.5, 0.6) is 5.75 Å². The number of carbonyl (C=O) groups excluding carboxylic acids is 2. The molecule has 0 fully saturated rings. The summed E-state index contributed by atoms with van der Waals surface area (Å²) < 4.78 is 10.5. The van der Waals surface area contributed by atoms with E-state index in [0.717, 1.165) is 12.8 Å². The number of fused-ring (bicyclic) bond motifs is 1. The molecule has 0 radical (unpaired) electrons. The van der Waals surface area contributed by atoms with Crippen molar-refractivity contribution in [3.05, 3.63) is 59.2 Å². The molecule has 1 N–H and O–H groups in total. The van der Waals surface area contributed by atoms with Gasteiger partial charge in [-0.25, -0.2) is 4.79 Å². The molecule has 1 atom stereocenters. The van der Waals surface area contributed by atoms with Crippen LogP contribution in [0.3, 0.4) is 0 Å². The van der Waals surface area contributed by atoms with Gasteiger partial charge in [0, 0.05) is 5.69 Å². The zero-order chi connectivity index (χ0) is 18.5. The molecule has 0 spiro atoms. The minimum atomic E-state index is -0.628. The number of carbonyl (C=O) groups is 2. The summed E-state index contributed by atoms with van der Waals surface area (Å²) in [5, 5.41) is 2.79. The van der Waals surface area contributed by atoms with Crippen molar-refractivity contribution in [1.82, 2.24) is 0 Å². The van der Waals surface area contributed by atoms with Gasteiger partial charge in [0.2, 0.25) is 0 Å². The lowest BCUT2D eigenvalue weighted by molar-refractivity contribution is -0.122. The van der Waals surface area contributed by atoms with Gasteiger partial charge in [-0.1, -0.05) is 6.07 Å². The smallest absolute Gasteiger partial charge is 0.337 e. The fourth-order valence-corrected chi connectivity index (χ4v) is 3.09. The highest BCUT2D eigenvalue weighted by atomic mass is 16.5. The molecule has 3 rings (SSSR count). The summed E-state index contributed by atoms with van der Waals surface area (Å²) in [7, 11) is 1.33. The largest absolute Gasteiger partial charge is 0.481 e. The van der Waals surface area contributed by atoms with E-state index in [1.807, 2.05) is 12.1 Å². The molecule has 0 aliphatic heterocycles. The lowest BCUT2D eigenvalue weighted by Gasteiger charge is -2.19. The van der Waals surface area contributed by atoms with Gasteiger partial charge in [-0.05, 0) is 80.1 Å². The summed E-state index contributed by atoms with van der Waals surface area (Å²) in [5.74, 6) is 0.0647. The average Bonchev–Trinajstić information content (AvgIpc) is 2.67. The molecule has 136 valence electrons. The Morgan fingerprint density at radius 3 is 2.38 bits per heavy atom. The molecule has 5 nitrogen and oxygen atoms in total. The van der Waals surface area contributed by atoms with Gasteiger partial charge in [-0.2, -0.15) is 0 Å². The maximum atomic E-state index is 12.4. The fourth-order valence-electron chi connectivity index (χ4n) is 3.09. The number of amides is 1. The van der Waals surface area contributed by atoms with Crippen LogP contribution in [0.15, 0.2) is 42.5 Å². The molecule has 1 aliphatic carbocycles. The predicted octanol–water partition coefficient (Wildman–Crippen LogP) is 3.76. The van der Waals surface area contributed by atoms with Gasteiger partial charge in [0.1, 0.15) is 5.75 Å². The number of methoxy groups -OCH3 is 1. The first-order chi connectivity index (χ1) is 12.6. The second-order valence-corrected chi connectivity index (χ2v) is 6.46. The van der Waals surface area contributed by atoms with Gasteiger partial charge < -0.3 is 14.8 Å². The van der Waals surface area contributed by atoms with Crippen molar-refractivity contribution in [3.63, 3.8) is 0 Å². The number of ether oxygens (including phenoxy) is 2. The molecule has 2 aromatic carbocycles. The zero-order valence-electron chi connectivity index (χ0n) is 15.1. The van der Waals surface area contributed by atoms with Crippen LogP contribution in [0.25, 0.3) is 0 Å². The maximum absolute atomic E-state index is 12.4. The van der Waals surface area contributed by atoms with Crippen LogP contribution in [-0.2, 0) is 22.4 Å². The second-order valence-electron chi connectivity index (χ2n) is 6.46. The first-order valence-corrected chi connectivity index (χ1v) is 8.84. The molecular formula is C21H23NO4. The molecule has 0 saturated heterocycles. The Morgan fingerprint density at radius 1 is 1.00 bits per heavy atom. The monoisotopic (exact) mass is 353 g/mol. The van der Waals surface area contributed by atoms with Crippen molar-refractivity contribution in [2.75, 3.05) is 12.4 Å². The van der Waals surface area contributed by atoms with Gasteiger partial charge in [-0.15, -0.1) is 0 Å². The van der Waals surface area contributed by atoms with E-state index in [1.165, 1.54) is 31.1 Å². The van der Waals surface area contributed by atoms with E-state index in [4.69, 9.17) is 4.74 Å². The molecular weight excluding hydrogens is 330 g/mol. The molecule has 2 aromatic rings. The summed E-state index contributed by atoms with van der Waals surface area (Å²) in [6.07, 6.45) is 4.00. The lowest BCUT2D eigenvalue weighted by Crippen LogP contribution is -2.30. The van der Waals surface area contributed by atoms with Crippen LogP contribution < -0.4 is 10.1 Å². The van der Waals surface area contributed by atoms with Crippen LogP contribution in [0, 0.1) is 0 Å². The summed E-state index contributed by atoms with van der Waals surface area (Å²) >= 11 is 0. The van der Waals surface area contributed by atoms with Crippen LogP contribution in [0.4, 0.5) is 5.69 Å². The first kappa shape index (κ1) is 18.0. The van der Waals surface area contributed by atoms with E-state index < -0.39 is 12.1 Å². The topological polar surface area (TPSA) is 64.6 Å². The van der Waals surface area contributed by atoms with E-state index in [0.29, 0.717) is 17.0 Å². The van der Waals surface area contributed by atoms with E-state index >= 15 is 0 Å². The quantitative estimate of drug-likeness (QED) is 0.832. The van der Waals surface area contributed by atoms with E-state index in [9.17, 15) is 9.59 Å². The van der Waals surface area contributed by atoms with E-state index in [-0.39, 0.29) is 5.91 Å². The third kappa shape index (κ3) is 4.23. The fraction of sp³-hybridized carbons (Fsp3) is 0.333. The molecule has 26 heavy (non-hydrogen) atoms. The number of hydrogen-bond donors (Lipinski definition) is 1. The summed E-state index contributed by atoms with van der Waals surface area (Å²) in [6, 6.07) is 12.6. The number of nitrogens with one attached hydrogen (secondary N) is 1. The molecule has 0 aromatic heterocycles. The number of anilines is 1. The van der Waals surface area contributed by atoms with Crippen LogP contribution in [-0.4, -0.2) is 25.1 Å². The number of esters is 1. The number of hydrogen-bond acceptors (Lipinski definition) is 4. The standard InChI is InChI=1S/C21H23NO4/c1-14(26-19-12-9-15-5-3-4-6-17(15)13-19)20(23)22-18-10-7-16(8-11-18)21(24)25-2/h7-14H,3-6H2,1-2H3,(H,22,23)/t14-/m1/s1. The third-order valence-corrected chi connectivity index (χ3v) is 4.58. The Kier molecular flexibility index (Phi) is 5.56. The molecule has 5 heteroatoms. The van der Waals surface area contributed by atoms with Crippen molar-refractivity contribution in [2.24, 2.45) is 0 Å². The van der Waals surface area contributed by atoms with Crippen LogP contribution >= 0.6 is 0 Å². The second kappa shape index (κ2) is 8.04. The average molecular weight is 353 g/mol. The number of aryl methyl sites for hydroxylation is 2. The molecule has 1 amide bonds. The van der Waals surface area contributed by atoms with Gasteiger partial charge in [-0.3, -0.25) is 4.79 Å². The Balaban J connectivity index is 1.60. The van der Waals surface area contributed by atoms with Gasteiger partial charge in [0.05, 0.1) is 12.7 Å². The molecule has 0 saturated carbocycles. The predicted molar refractivity (Wildman–Crippen MR) is 99.6 cm³/mol. The molecule has 0 heterocycles. The maximum Gasteiger partial charge on any atom is 0.337 e. The van der Waals surface area contributed by atoms with Crippen molar-refractivity contribution in [1.29, 1.82) is 0 Å². The van der Waals surface area contributed by atoms with Crippen molar-refractivity contribution in [3.8, 4) is 5.75 Å².